The largest absolute Gasteiger partial charge is 0.375 e. The minimum Gasteiger partial charge on any atom is -0.375 e. The van der Waals surface area contributed by atoms with Crippen molar-refractivity contribution in [3.8, 4) is 11.3 Å². The van der Waals surface area contributed by atoms with E-state index in [4.69, 9.17) is 10.9 Å². The monoisotopic (exact) mass is 207 g/mol. The number of hydrogen-bond donors (Lipinski definition) is 3. The van der Waals surface area contributed by atoms with Gasteiger partial charge in [0.1, 0.15) is 0 Å². The molecule has 0 unspecified atom stereocenters. The first-order chi connectivity index (χ1) is 6.79. The quantitative estimate of drug-likeness (QED) is 0.660. The first-order valence-electron chi connectivity index (χ1n) is 4.01. The van der Waals surface area contributed by atoms with E-state index in [2.05, 4.69) is 10.5 Å². The zero-order valence-electron chi connectivity index (χ0n) is 7.27. The molecule has 4 nitrogen and oxygen atoms in total. The molecule has 1 aromatic heterocycles. The van der Waals surface area contributed by atoms with Crippen LogP contribution in [0.15, 0.2) is 29.6 Å². The number of nitrogens with two attached hydrogens (primary N) is 1. The average molecular weight is 207 g/mol. The van der Waals surface area contributed by atoms with Gasteiger partial charge in [0.05, 0.1) is 11.4 Å². The summed E-state index contributed by atoms with van der Waals surface area (Å²) in [5, 5.41) is 11.1. The molecule has 5 heteroatoms. The van der Waals surface area contributed by atoms with Crippen molar-refractivity contribution in [1.29, 1.82) is 0 Å². The van der Waals surface area contributed by atoms with Gasteiger partial charge in [0.2, 0.25) is 0 Å². The van der Waals surface area contributed by atoms with E-state index in [1.54, 1.807) is 12.1 Å². The number of nitrogens with one attached hydrogen (secondary N) is 1. The van der Waals surface area contributed by atoms with Gasteiger partial charge in [-0.05, 0) is 12.1 Å². The van der Waals surface area contributed by atoms with Crippen LogP contribution in [-0.2, 0) is 0 Å². The summed E-state index contributed by atoms with van der Waals surface area (Å²) in [6, 6.07) is 7.27. The fourth-order valence-corrected chi connectivity index (χ4v) is 1.71. The number of benzene rings is 1. The van der Waals surface area contributed by atoms with Crippen LogP contribution in [0.3, 0.4) is 0 Å². The van der Waals surface area contributed by atoms with Crippen molar-refractivity contribution in [2.75, 3.05) is 11.2 Å². The molecule has 0 aliphatic carbocycles. The van der Waals surface area contributed by atoms with Gasteiger partial charge < -0.3 is 5.73 Å². The Morgan fingerprint density at radius 1 is 1.29 bits per heavy atom. The van der Waals surface area contributed by atoms with Crippen LogP contribution in [0, 0.1) is 0 Å². The summed E-state index contributed by atoms with van der Waals surface area (Å²) in [6.45, 7) is 0. The summed E-state index contributed by atoms with van der Waals surface area (Å²) in [5.74, 6) is 0. The van der Waals surface area contributed by atoms with Crippen molar-refractivity contribution < 1.29 is 5.21 Å². The van der Waals surface area contributed by atoms with Crippen LogP contribution in [0.25, 0.3) is 11.3 Å². The fourth-order valence-electron chi connectivity index (χ4n) is 1.14. The Morgan fingerprint density at radius 2 is 2.00 bits per heavy atom. The van der Waals surface area contributed by atoms with Gasteiger partial charge in [-0.2, -0.15) is 0 Å². The van der Waals surface area contributed by atoms with E-state index < -0.39 is 0 Å². The van der Waals surface area contributed by atoms with Gasteiger partial charge in [-0.25, -0.2) is 4.98 Å². The molecule has 14 heavy (non-hydrogen) atoms. The van der Waals surface area contributed by atoms with Crippen LogP contribution in [0.2, 0.25) is 0 Å². The average Bonchev–Trinajstić information content (AvgIpc) is 2.65. The SMILES string of the molecule is Nc1nc(-c2ccc(NO)cc2)cs1. The lowest BCUT2D eigenvalue weighted by Crippen LogP contribution is -1.88. The maximum Gasteiger partial charge on any atom is 0.180 e. The second kappa shape index (κ2) is 3.65. The van der Waals surface area contributed by atoms with Crippen LogP contribution in [0.1, 0.15) is 0 Å². The van der Waals surface area contributed by atoms with Gasteiger partial charge >= 0.3 is 0 Å². The van der Waals surface area contributed by atoms with Gasteiger partial charge in [0.15, 0.2) is 5.13 Å². The second-order valence-electron chi connectivity index (χ2n) is 2.76. The van der Waals surface area contributed by atoms with E-state index in [-0.39, 0.29) is 0 Å². The third-order valence-electron chi connectivity index (χ3n) is 1.83. The van der Waals surface area contributed by atoms with E-state index in [0.29, 0.717) is 10.8 Å². The zero-order chi connectivity index (χ0) is 9.97. The topological polar surface area (TPSA) is 71.2 Å². The zero-order valence-corrected chi connectivity index (χ0v) is 8.08. The smallest absolute Gasteiger partial charge is 0.180 e. The summed E-state index contributed by atoms with van der Waals surface area (Å²) < 4.78 is 0. The van der Waals surface area contributed by atoms with Crippen LogP contribution in [0.4, 0.5) is 10.8 Å². The lowest BCUT2D eigenvalue weighted by Gasteiger charge is -1.99. The second-order valence-corrected chi connectivity index (χ2v) is 3.65. The Morgan fingerprint density at radius 3 is 2.50 bits per heavy atom. The molecule has 0 radical (unpaired) electrons. The van der Waals surface area contributed by atoms with E-state index in [0.717, 1.165) is 11.3 Å². The Labute approximate surface area is 85.0 Å². The third kappa shape index (κ3) is 1.68. The number of aromatic nitrogens is 1. The first-order valence-corrected chi connectivity index (χ1v) is 4.89. The van der Waals surface area contributed by atoms with Crippen LogP contribution >= 0.6 is 11.3 Å². The number of hydrogen-bond acceptors (Lipinski definition) is 5. The van der Waals surface area contributed by atoms with Crippen molar-refractivity contribution in [3.05, 3.63) is 29.6 Å². The minimum absolute atomic E-state index is 0.560. The van der Waals surface area contributed by atoms with Crippen LogP contribution < -0.4 is 11.2 Å². The lowest BCUT2D eigenvalue weighted by atomic mass is 10.1. The molecule has 0 saturated carbocycles. The molecule has 1 aromatic carbocycles. The molecule has 0 atom stereocenters. The number of anilines is 2. The molecule has 0 aliphatic heterocycles. The van der Waals surface area contributed by atoms with E-state index in [1.165, 1.54) is 11.3 Å². The maximum absolute atomic E-state index is 8.62. The Bertz CT molecular complexity index is 424. The van der Waals surface area contributed by atoms with Gasteiger partial charge in [-0.3, -0.25) is 10.7 Å². The van der Waals surface area contributed by atoms with Gasteiger partial charge in [-0.1, -0.05) is 12.1 Å². The highest BCUT2D eigenvalue weighted by Crippen LogP contribution is 2.23. The summed E-state index contributed by atoms with van der Waals surface area (Å²) in [5.41, 5.74) is 10.1. The number of thiazole rings is 1. The number of rotatable bonds is 2. The Kier molecular flexibility index (Phi) is 2.34. The van der Waals surface area contributed by atoms with Gasteiger partial charge in [0, 0.05) is 10.9 Å². The van der Waals surface area contributed by atoms with E-state index >= 15 is 0 Å². The van der Waals surface area contributed by atoms with Crippen molar-refractivity contribution in [2.45, 2.75) is 0 Å². The number of nitrogen functional groups attached to an aromatic ring is 1. The maximum atomic E-state index is 8.62. The lowest BCUT2D eigenvalue weighted by molar-refractivity contribution is 0.389. The Balaban J connectivity index is 2.33. The highest BCUT2D eigenvalue weighted by atomic mass is 32.1. The molecule has 4 N–H and O–H groups in total. The van der Waals surface area contributed by atoms with Crippen molar-refractivity contribution in [2.24, 2.45) is 0 Å². The molecule has 0 spiro atoms. The summed E-state index contributed by atoms with van der Waals surface area (Å²) in [6.07, 6.45) is 0. The molecule has 0 fully saturated rings. The molecule has 0 saturated heterocycles. The van der Waals surface area contributed by atoms with Crippen LogP contribution in [0.5, 0.6) is 0 Å². The highest BCUT2D eigenvalue weighted by Gasteiger charge is 2.01. The third-order valence-corrected chi connectivity index (χ3v) is 2.51. The molecule has 0 aliphatic rings. The standard InChI is InChI=1S/C9H9N3OS/c10-9-11-8(5-14-9)6-1-3-7(12-13)4-2-6/h1-5,12-13H,(H2,10,11). The normalized spacial score (nSPS) is 10.1. The Hall–Kier alpha value is -1.59. The van der Waals surface area contributed by atoms with E-state index in [9.17, 15) is 0 Å². The molecular formula is C9H9N3OS. The highest BCUT2D eigenvalue weighted by molar-refractivity contribution is 7.13. The first kappa shape index (κ1) is 8.98. The van der Waals surface area contributed by atoms with E-state index in [1.807, 2.05) is 17.5 Å². The predicted octanol–water partition coefficient (Wildman–Crippen LogP) is 2.19. The molecule has 72 valence electrons. The molecule has 2 rings (SSSR count). The van der Waals surface area contributed by atoms with Gasteiger partial charge in [-0.15, -0.1) is 11.3 Å². The molecule has 1 heterocycles. The summed E-state index contributed by atoms with van der Waals surface area (Å²) in [7, 11) is 0. The fraction of sp³-hybridized carbons (Fsp3) is 0. The number of nitrogens with zero attached hydrogens (tertiary/aromatic N) is 1. The van der Waals surface area contributed by atoms with Gasteiger partial charge in [0.25, 0.3) is 0 Å². The summed E-state index contributed by atoms with van der Waals surface area (Å²) in [4.78, 5) is 4.15. The van der Waals surface area contributed by atoms with Crippen LogP contribution in [-0.4, -0.2) is 10.2 Å². The molecule has 0 bridgehead atoms. The van der Waals surface area contributed by atoms with Crippen molar-refractivity contribution in [1.82, 2.24) is 4.98 Å². The minimum atomic E-state index is 0.560. The molecule has 2 aromatic rings. The molecule has 0 amide bonds. The van der Waals surface area contributed by atoms with Crippen molar-refractivity contribution >= 4 is 22.2 Å². The predicted molar refractivity (Wildman–Crippen MR) is 57.4 cm³/mol. The summed E-state index contributed by atoms with van der Waals surface area (Å²) >= 11 is 1.41. The molecular weight excluding hydrogens is 198 g/mol. The van der Waals surface area contributed by atoms with Crippen molar-refractivity contribution in [3.63, 3.8) is 0 Å².